The van der Waals surface area contributed by atoms with Crippen LogP contribution in [0.15, 0.2) is 12.1 Å². The lowest BCUT2D eigenvalue weighted by Gasteiger charge is -2.25. The number of hydrogen-bond acceptors (Lipinski definition) is 3. The number of halogens is 1. The molecule has 0 radical (unpaired) electrons. The third kappa shape index (κ3) is 3.54. The Morgan fingerprint density at radius 3 is 2.84 bits per heavy atom. The van der Waals surface area contributed by atoms with Gasteiger partial charge in [-0.1, -0.05) is 18.0 Å². The lowest BCUT2D eigenvalue weighted by atomic mass is 9.97. The highest BCUT2D eigenvalue weighted by Gasteiger charge is 2.20. The van der Waals surface area contributed by atoms with Crippen molar-refractivity contribution in [1.82, 2.24) is 5.32 Å². The van der Waals surface area contributed by atoms with Gasteiger partial charge in [0.15, 0.2) is 11.5 Å². The molecule has 0 aliphatic carbocycles. The molecule has 1 atom stereocenters. The summed E-state index contributed by atoms with van der Waals surface area (Å²) in [5.41, 5.74) is 1.06. The molecular formula is C15H22ClNO2. The predicted octanol–water partition coefficient (Wildman–Crippen LogP) is 3.43. The van der Waals surface area contributed by atoms with Gasteiger partial charge in [0.1, 0.15) is 0 Å². The molecule has 0 saturated carbocycles. The highest BCUT2D eigenvalue weighted by molar-refractivity contribution is 6.31. The SMILES string of the molecule is CCOc1c(OC)ccc(Cl)c1CC1CCCCN1. The first kappa shape index (κ1) is 14.5. The van der Waals surface area contributed by atoms with E-state index in [-0.39, 0.29) is 0 Å². The highest BCUT2D eigenvalue weighted by atomic mass is 35.5. The fourth-order valence-electron chi connectivity index (χ4n) is 2.58. The van der Waals surface area contributed by atoms with Gasteiger partial charge in [0.2, 0.25) is 0 Å². The maximum atomic E-state index is 6.35. The number of methoxy groups -OCH3 is 1. The fraction of sp³-hybridized carbons (Fsp3) is 0.600. The summed E-state index contributed by atoms with van der Waals surface area (Å²) < 4.78 is 11.1. The van der Waals surface area contributed by atoms with Gasteiger partial charge in [-0.2, -0.15) is 0 Å². The third-order valence-corrected chi connectivity index (χ3v) is 3.89. The minimum atomic E-state index is 0.484. The number of hydrogen-bond donors (Lipinski definition) is 1. The van der Waals surface area contributed by atoms with Crippen molar-refractivity contribution < 1.29 is 9.47 Å². The van der Waals surface area contributed by atoms with E-state index in [1.165, 1.54) is 19.3 Å². The van der Waals surface area contributed by atoms with Crippen molar-refractivity contribution in [3.63, 3.8) is 0 Å². The van der Waals surface area contributed by atoms with Gasteiger partial charge in [0.25, 0.3) is 0 Å². The van der Waals surface area contributed by atoms with Gasteiger partial charge in [-0.25, -0.2) is 0 Å². The summed E-state index contributed by atoms with van der Waals surface area (Å²) in [5.74, 6) is 1.56. The average Bonchev–Trinajstić information content (AvgIpc) is 2.44. The number of piperidine rings is 1. The Bertz CT molecular complexity index is 417. The maximum absolute atomic E-state index is 6.35. The van der Waals surface area contributed by atoms with E-state index in [1.807, 2.05) is 19.1 Å². The largest absolute Gasteiger partial charge is 0.493 e. The molecule has 106 valence electrons. The predicted molar refractivity (Wildman–Crippen MR) is 78.5 cm³/mol. The van der Waals surface area contributed by atoms with Crippen LogP contribution in [0.25, 0.3) is 0 Å². The van der Waals surface area contributed by atoms with Gasteiger partial charge in [-0.3, -0.25) is 0 Å². The van der Waals surface area contributed by atoms with Crippen molar-refractivity contribution in [2.75, 3.05) is 20.3 Å². The molecule has 0 bridgehead atoms. The Kier molecular flexibility index (Phi) is 5.34. The molecule has 3 nitrogen and oxygen atoms in total. The monoisotopic (exact) mass is 283 g/mol. The Morgan fingerprint density at radius 2 is 2.21 bits per heavy atom. The molecular weight excluding hydrogens is 262 g/mol. The first-order valence-electron chi connectivity index (χ1n) is 6.97. The Balaban J connectivity index is 2.25. The van der Waals surface area contributed by atoms with Gasteiger partial charge < -0.3 is 14.8 Å². The standard InChI is InChI=1S/C15H22ClNO2/c1-3-19-15-12(10-11-6-4-5-9-17-11)13(16)7-8-14(15)18-2/h7-8,11,17H,3-6,9-10H2,1-2H3. The molecule has 1 aromatic rings. The van der Waals surface area contributed by atoms with Crippen molar-refractivity contribution in [3.8, 4) is 11.5 Å². The fourth-order valence-corrected chi connectivity index (χ4v) is 2.81. The summed E-state index contributed by atoms with van der Waals surface area (Å²) in [4.78, 5) is 0. The van der Waals surface area contributed by atoms with E-state index >= 15 is 0 Å². The second kappa shape index (κ2) is 7.01. The Hall–Kier alpha value is -0.930. The molecule has 1 saturated heterocycles. The lowest BCUT2D eigenvalue weighted by molar-refractivity contribution is 0.304. The van der Waals surface area contributed by atoms with E-state index in [0.717, 1.165) is 35.1 Å². The summed E-state index contributed by atoms with van der Waals surface area (Å²) in [6, 6.07) is 4.24. The van der Waals surface area contributed by atoms with Crippen molar-refractivity contribution in [3.05, 3.63) is 22.7 Å². The number of ether oxygens (including phenoxy) is 2. The number of rotatable bonds is 5. The normalized spacial score (nSPS) is 19.2. The van der Waals surface area contributed by atoms with Crippen LogP contribution >= 0.6 is 11.6 Å². The van der Waals surface area contributed by atoms with Crippen molar-refractivity contribution in [1.29, 1.82) is 0 Å². The second-order valence-corrected chi connectivity index (χ2v) is 5.25. The lowest BCUT2D eigenvalue weighted by Crippen LogP contribution is -2.35. The van der Waals surface area contributed by atoms with Crippen LogP contribution in [-0.4, -0.2) is 26.3 Å². The average molecular weight is 284 g/mol. The van der Waals surface area contributed by atoms with Crippen LogP contribution in [0.1, 0.15) is 31.7 Å². The first-order valence-corrected chi connectivity index (χ1v) is 7.35. The summed E-state index contributed by atoms with van der Waals surface area (Å²) in [6.45, 7) is 3.68. The number of nitrogens with one attached hydrogen (secondary N) is 1. The van der Waals surface area contributed by atoms with E-state index in [4.69, 9.17) is 21.1 Å². The van der Waals surface area contributed by atoms with E-state index < -0.39 is 0 Å². The number of benzene rings is 1. The Morgan fingerprint density at radius 1 is 1.37 bits per heavy atom. The molecule has 4 heteroatoms. The molecule has 2 rings (SSSR count). The van der Waals surface area contributed by atoms with E-state index in [2.05, 4.69) is 5.32 Å². The molecule has 0 aromatic heterocycles. The molecule has 1 unspecified atom stereocenters. The third-order valence-electron chi connectivity index (χ3n) is 3.54. The van der Waals surface area contributed by atoms with Gasteiger partial charge >= 0.3 is 0 Å². The summed E-state index contributed by atoms with van der Waals surface area (Å²) in [6.07, 6.45) is 4.63. The quantitative estimate of drug-likeness (QED) is 0.898. The molecule has 1 aliphatic rings. The Labute approximate surface area is 120 Å². The van der Waals surface area contributed by atoms with Crippen molar-refractivity contribution >= 4 is 11.6 Å². The van der Waals surface area contributed by atoms with Crippen LogP contribution in [-0.2, 0) is 6.42 Å². The zero-order valence-electron chi connectivity index (χ0n) is 11.7. The van der Waals surface area contributed by atoms with Crippen LogP contribution in [0.3, 0.4) is 0 Å². The van der Waals surface area contributed by atoms with Crippen LogP contribution in [0.4, 0.5) is 0 Å². The van der Waals surface area contributed by atoms with Gasteiger partial charge in [0, 0.05) is 16.6 Å². The van der Waals surface area contributed by atoms with E-state index in [1.54, 1.807) is 7.11 Å². The smallest absolute Gasteiger partial charge is 0.165 e. The van der Waals surface area contributed by atoms with Crippen LogP contribution in [0.5, 0.6) is 11.5 Å². The van der Waals surface area contributed by atoms with Gasteiger partial charge in [-0.05, 0) is 44.9 Å². The summed E-state index contributed by atoms with van der Waals surface area (Å²) >= 11 is 6.35. The summed E-state index contributed by atoms with van der Waals surface area (Å²) in [7, 11) is 1.66. The molecule has 1 aromatic carbocycles. The van der Waals surface area contributed by atoms with Crippen LogP contribution in [0.2, 0.25) is 5.02 Å². The van der Waals surface area contributed by atoms with Crippen molar-refractivity contribution in [2.24, 2.45) is 0 Å². The van der Waals surface area contributed by atoms with Crippen LogP contribution < -0.4 is 14.8 Å². The molecule has 1 fully saturated rings. The van der Waals surface area contributed by atoms with Crippen LogP contribution in [0, 0.1) is 0 Å². The topological polar surface area (TPSA) is 30.5 Å². The minimum absolute atomic E-state index is 0.484. The zero-order chi connectivity index (χ0) is 13.7. The van der Waals surface area contributed by atoms with Gasteiger partial charge in [0.05, 0.1) is 13.7 Å². The first-order chi connectivity index (χ1) is 9.26. The van der Waals surface area contributed by atoms with E-state index in [9.17, 15) is 0 Å². The highest BCUT2D eigenvalue weighted by Crippen LogP contribution is 2.37. The van der Waals surface area contributed by atoms with Crippen molar-refractivity contribution in [2.45, 2.75) is 38.6 Å². The molecule has 19 heavy (non-hydrogen) atoms. The second-order valence-electron chi connectivity index (χ2n) is 4.84. The molecule has 0 spiro atoms. The molecule has 1 aliphatic heterocycles. The maximum Gasteiger partial charge on any atom is 0.165 e. The minimum Gasteiger partial charge on any atom is -0.493 e. The molecule has 1 N–H and O–H groups in total. The van der Waals surface area contributed by atoms with Gasteiger partial charge in [-0.15, -0.1) is 0 Å². The molecule has 0 amide bonds. The molecule has 1 heterocycles. The summed E-state index contributed by atoms with van der Waals surface area (Å²) in [5, 5.41) is 4.31. The zero-order valence-corrected chi connectivity index (χ0v) is 12.4. The van der Waals surface area contributed by atoms with E-state index in [0.29, 0.717) is 12.6 Å².